The van der Waals surface area contributed by atoms with Crippen LogP contribution < -0.4 is 9.64 Å². The molecule has 0 bridgehead atoms. The Hall–Kier alpha value is -1.87. The summed E-state index contributed by atoms with van der Waals surface area (Å²) in [4.78, 5) is 15.8. The number of unbranched alkanes of at least 4 members (excludes halogenated alkanes) is 1. The number of methoxy groups -OCH3 is 1. The molecule has 2 aromatic carbocycles. The number of anilines is 2. The van der Waals surface area contributed by atoms with Crippen LogP contribution in [0, 0.1) is 0 Å². The van der Waals surface area contributed by atoms with Crippen molar-refractivity contribution in [1.82, 2.24) is 4.31 Å². The Kier molecular flexibility index (Phi) is 9.16. The minimum Gasteiger partial charge on any atom is -0.489 e. The second-order valence-electron chi connectivity index (χ2n) is 7.72. The second kappa shape index (κ2) is 11.8. The molecule has 2 atom stereocenters. The van der Waals surface area contributed by atoms with Gasteiger partial charge in [-0.15, -0.1) is 11.8 Å². The highest BCUT2D eigenvalue weighted by Gasteiger charge is 2.29. The predicted octanol–water partition coefficient (Wildman–Crippen LogP) is 5.54. The van der Waals surface area contributed by atoms with Gasteiger partial charge in [0.1, 0.15) is 12.4 Å². The van der Waals surface area contributed by atoms with Gasteiger partial charge in [-0.05, 0) is 55.9 Å². The predicted molar refractivity (Wildman–Crippen MR) is 133 cm³/mol. The van der Waals surface area contributed by atoms with Gasteiger partial charge >= 0.3 is 5.97 Å². The van der Waals surface area contributed by atoms with Gasteiger partial charge in [-0.25, -0.2) is 9.10 Å². The Morgan fingerprint density at radius 1 is 1.31 bits per heavy atom. The molecule has 0 aromatic heterocycles. The maximum atomic E-state index is 11.3. The quantitative estimate of drug-likeness (QED) is 0.354. The third kappa shape index (κ3) is 5.92. The zero-order valence-corrected chi connectivity index (χ0v) is 20.7. The third-order valence-electron chi connectivity index (χ3n) is 5.59. The van der Waals surface area contributed by atoms with Gasteiger partial charge < -0.3 is 19.5 Å². The minimum absolute atomic E-state index is 0.0415. The summed E-state index contributed by atoms with van der Waals surface area (Å²) in [5, 5.41) is 9.27. The molecule has 6 nitrogen and oxygen atoms in total. The maximum Gasteiger partial charge on any atom is 0.336 e. The van der Waals surface area contributed by atoms with E-state index in [1.165, 1.54) is 20.0 Å². The fourth-order valence-electron chi connectivity index (χ4n) is 3.71. The normalized spacial score (nSPS) is 17.5. The standard InChI is InChI=1S/C24H32N2O4S2/c1-5-6-10-18-15-26(17-11-8-7-9-12-17)19-13-23(31-4)20(14-22(19)32-25(18)2)30-16-21(29-3)24(27)28/h7-9,11-14,18,21H,5-6,10,15-16H2,1-4H3,(H,27,28). The fourth-order valence-corrected chi connectivity index (χ4v) is 5.31. The summed E-state index contributed by atoms with van der Waals surface area (Å²) < 4.78 is 13.3. The Labute approximate surface area is 199 Å². The van der Waals surface area contributed by atoms with Crippen LogP contribution in [-0.4, -0.2) is 61.1 Å². The van der Waals surface area contributed by atoms with Crippen LogP contribution in [0.2, 0.25) is 0 Å². The topological polar surface area (TPSA) is 62.2 Å². The van der Waals surface area contributed by atoms with Crippen molar-refractivity contribution in [2.75, 3.05) is 38.5 Å². The highest BCUT2D eigenvalue weighted by atomic mass is 32.2. The smallest absolute Gasteiger partial charge is 0.336 e. The molecule has 0 fully saturated rings. The van der Waals surface area contributed by atoms with E-state index >= 15 is 0 Å². The van der Waals surface area contributed by atoms with Gasteiger partial charge in [-0.2, -0.15) is 0 Å². The molecule has 3 rings (SSSR count). The van der Waals surface area contributed by atoms with Gasteiger partial charge in [0.15, 0.2) is 6.10 Å². The summed E-state index contributed by atoms with van der Waals surface area (Å²) in [6.07, 6.45) is 4.49. The van der Waals surface area contributed by atoms with Crippen LogP contribution in [0.1, 0.15) is 26.2 Å². The molecule has 8 heteroatoms. The number of para-hydroxylation sites is 1. The fraction of sp³-hybridized carbons (Fsp3) is 0.458. The average Bonchev–Trinajstić information content (AvgIpc) is 2.93. The highest BCUT2D eigenvalue weighted by molar-refractivity contribution is 7.98. The maximum absolute atomic E-state index is 11.3. The van der Waals surface area contributed by atoms with Crippen molar-refractivity contribution in [2.24, 2.45) is 0 Å². The molecular formula is C24H32N2O4S2. The van der Waals surface area contributed by atoms with Crippen LogP contribution in [0.15, 0.2) is 52.3 Å². The van der Waals surface area contributed by atoms with E-state index in [0.717, 1.165) is 34.1 Å². The van der Waals surface area contributed by atoms with Crippen molar-refractivity contribution in [3.63, 3.8) is 0 Å². The molecule has 2 aromatic rings. The number of carbonyl (C=O) groups is 1. The summed E-state index contributed by atoms with van der Waals surface area (Å²) in [5.74, 6) is -0.350. The number of likely N-dealkylation sites (N-methyl/N-ethyl adjacent to an activating group) is 1. The van der Waals surface area contributed by atoms with Crippen molar-refractivity contribution >= 4 is 41.1 Å². The van der Waals surface area contributed by atoms with Crippen LogP contribution in [0.25, 0.3) is 0 Å². The van der Waals surface area contributed by atoms with Crippen molar-refractivity contribution in [3.8, 4) is 5.75 Å². The summed E-state index contributed by atoms with van der Waals surface area (Å²) in [6.45, 7) is 3.09. The van der Waals surface area contributed by atoms with E-state index in [1.54, 1.807) is 23.7 Å². The van der Waals surface area contributed by atoms with Gasteiger partial charge in [0, 0.05) is 25.4 Å². The zero-order valence-electron chi connectivity index (χ0n) is 19.1. The number of rotatable bonds is 10. The van der Waals surface area contributed by atoms with E-state index in [1.807, 2.05) is 18.4 Å². The lowest BCUT2D eigenvalue weighted by Gasteiger charge is -2.30. The van der Waals surface area contributed by atoms with Crippen LogP contribution in [0.3, 0.4) is 0 Å². The van der Waals surface area contributed by atoms with Crippen LogP contribution in [0.5, 0.6) is 5.75 Å². The molecule has 174 valence electrons. The zero-order chi connectivity index (χ0) is 23.1. The Morgan fingerprint density at radius 2 is 2.06 bits per heavy atom. The summed E-state index contributed by atoms with van der Waals surface area (Å²) in [7, 11) is 3.53. The minimum atomic E-state index is -1.03. The number of ether oxygens (including phenoxy) is 2. The molecule has 32 heavy (non-hydrogen) atoms. The summed E-state index contributed by atoms with van der Waals surface area (Å²) >= 11 is 3.32. The van der Waals surface area contributed by atoms with Gasteiger partial charge in [0.2, 0.25) is 0 Å². The number of aliphatic carboxylic acids is 1. The van der Waals surface area contributed by atoms with E-state index < -0.39 is 12.1 Å². The molecule has 1 heterocycles. The molecule has 0 radical (unpaired) electrons. The Balaban J connectivity index is 2.00. The lowest BCUT2D eigenvalue weighted by molar-refractivity contribution is -0.150. The number of fused-ring (bicyclic) bond motifs is 1. The van der Waals surface area contributed by atoms with Crippen LogP contribution >= 0.6 is 23.7 Å². The van der Waals surface area contributed by atoms with E-state index in [2.05, 4.69) is 53.5 Å². The SMILES string of the molecule is CCCCC1CN(c2ccccc2)c2cc(SC)c(OCC(OC)C(=O)O)cc2SN1C. The number of nitrogens with zero attached hydrogens (tertiary/aromatic N) is 2. The van der Waals surface area contributed by atoms with E-state index in [9.17, 15) is 9.90 Å². The van der Waals surface area contributed by atoms with Crippen molar-refractivity contribution < 1.29 is 19.4 Å². The molecule has 0 spiro atoms. The molecule has 0 saturated carbocycles. The van der Waals surface area contributed by atoms with E-state index in [4.69, 9.17) is 9.47 Å². The van der Waals surface area contributed by atoms with E-state index in [-0.39, 0.29) is 6.61 Å². The molecule has 2 unspecified atom stereocenters. The Bertz CT molecular complexity index is 897. The number of carboxylic acid groups (broad SMARTS) is 1. The number of benzene rings is 2. The summed E-state index contributed by atoms with van der Waals surface area (Å²) in [5.41, 5.74) is 2.31. The number of thioether (sulfide) groups is 1. The highest BCUT2D eigenvalue weighted by Crippen LogP contribution is 2.45. The lowest BCUT2D eigenvalue weighted by Crippen LogP contribution is -2.35. The average molecular weight is 477 g/mol. The number of hydrogen-bond donors (Lipinski definition) is 1. The third-order valence-corrected chi connectivity index (χ3v) is 7.46. The van der Waals surface area contributed by atoms with Crippen LogP contribution in [-0.2, 0) is 9.53 Å². The first-order valence-corrected chi connectivity index (χ1v) is 12.8. The molecule has 1 aliphatic heterocycles. The molecule has 0 saturated heterocycles. The molecule has 1 N–H and O–H groups in total. The number of carboxylic acids is 1. The first kappa shape index (κ1) is 24.8. The van der Waals surface area contributed by atoms with Crippen molar-refractivity contribution in [2.45, 2.75) is 48.1 Å². The molecule has 0 aliphatic carbocycles. The Morgan fingerprint density at radius 3 is 2.69 bits per heavy atom. The monoisotopic (exact) mass is 476 g/mol. The van der Waals surface area contributed by atoms with Crippen molar-refractivity contribution in [1.29, 1.82) is 0 Å². The molecule has 1 aliphatic rings. The summed E-state index contributed by atoms with van der Waals surface area (Å²) in [6, 6.07) is 15.1. The largest absolute Gasteiger partial charge is 0.489 e. The lowest BCUT2D eigenvalue weighted by atomic mass is 10.1. The van der Waals surface area contributed by atoms with Gasteiger partial charge in [0.25, 0.3) is 0 Å². The molecular weight excluding hydrogens is 444 g/mol. The van der Waals surface area contributed by atoms with Gasteiger partial charge in [0.05, 0.1) is 15.5 Å². The van der Waals surface area contributed by atoms with E-state index in [0.29, 0.717) is 11.8 Å². The first-order valence-electron chi connectivity index (χ1n) is 10.8. The first-order chi connectivity index (χ1) is 15.5. The van der Waals surface area contributed by atoms with Crippen LogP contribution in [0.4, 0.5) is 11.4 Å². The second-order valence-corrected chi connectivity index (χ2v) is 9.77. The van der Waals surface area contributed by atoms with Gasteiger partial charge in [-0.3, -0.25) is 0 Å². The molecule has 0 amide bonds. The number of hydrogen-bond acceptors (Lipinski definition) is 7. The van der Waals surface area contributed by atoms with Crippen molar-refractivity contribution in [3.05, 3.63) is 42.5 Å². The van der Waals surface area contributed by atoms with Gasteiger partial charge in [-0.1, -0.05) is 38.0 Å².